The summed E-state index contributed by atoms with van der Waals surface area (Å²) in [5.74, 6) is 0.114. The van der Waals surface area contributed by atoms with Gasteiger partial charge < -0.3 is 19.2 Å². The lowest BCUT2D eigenvalue weighted by Gasteiger charge is -2.23. The number of methoxy groups -OCH3 is 1. The lowest BCUT2D eigenvalue weighted by molar-refractivity contribution is 0.0489. The summed E-state index contributed by atoms with van der Waals surface area (Å²) in [7, 11) is 1.58. The van der Waals surface area contributed by atoms with E-state index in [9.17, 15) is 9.59 Å². The molecule has 0 spiro atoms. The van der Waals surface area contributed by atoms with Crippen molar-refractivity contribution in [1.29, 1.82) is 0 Å². The van der Waals surface area contributed by atoms with E-state index in [-0.39, 0.29) is 18.0 Å². The largest absolute Gasteiger partial charge is 0.453 e. The van der Waals surface area contributed by atoms with Crippen LogP contribution in [0.3, 0.4) is 0 Å². The molecule has 1 N–H and O–H groups in total. The van der Waals surface area contributed by atoms with Gasteiger partial charge in [-0.25, -0.2) is 4.79 Å². The van der Waals surface area contributed by atoms with Crippen LogP contribution >= 0.6 is 0 Å². The molecule has 0 fully saturated rings. The lowest BCUT2D eigenvalue weighted by Crippen LogP contribution is -2.40. The van der Waals surface area contributed by atoms with Gasteiger partial charge in [-0.3, -0.25) is 4.79 Å². The number of amides is 1. The fourth-order valence-corrected chi connectivity index (χ4v) is 2.40. The molecular formula is C19H25NO5. The molecule has 1 atom stereocenters. The first-order valence-electron chi connectivity index (χ1n) is 8.29. The van der Waals surface area contributed by atoms with Crippen molar-refractivity contribution in [2.75, 3.05) is 13.7 Å². The van der Waals surface area contributed by atoms with Crippen molar-refractivity contribution in [3.05, 3.63) is 36.1 Å². The number of alkyl carbamates (subject to hydrolysis) is 1. The maximum absolute atomic E-state index is 12.5. The van der Waals surface area contributed by atoms with Gasteiger partial charge in [-0.1, -0.05) is 18.2 Å². The first-order chi connectivity index (χ1) is 11.8. The average Bonchev–Trinajstić information content (AvgIpc) is 2.94. The second-order valence-corrected chi connectivity index (χ2v) is 6.90. The Kier molecular flexibility index (Phi) is 6.20. The topological polar surface area (TPSA) is 77.8 Å². The van der Waals surface area contributed by atoms with E-state index < -0.39 is 17.7 Å². The fraction of sp³-hybridized carbons (Fsp3) is 0.474. The Labute approximate surface area is 147 Å². The van der Waals surface area contributed by atoms with Crippen LogP contribution in [0.1, 0.15) is 44.2 Å². The number of rotatable bonds is 7. The Balaban J connectivity index is 2.04. The summed E-state index contributed by atoms with van der Waals surface area (Å²) < 4.78 is 15.9. The number of nitrogens with one attached hydrogen (secondary N) is 1. The van der Waals surface area contributed by atoms with Gasteiger partial charge >= 0.3 is 6.09 Å². The maximum Gasteiger partial charge on any atom is 0.407 e. The summed E-state index contributed by atoms with van der Waals surface area (Å²) in [4.78, 5) is 24.5. The Hall–Kier alpha value is -2.34. The number of furan rings is 1. The molecule has 1 unspecified atom stereocenters. The number of carbonyl (C=O) groups excluding carboxylic acids is 2. The smallest absolute Gasteiger partial charge is 0.407 e. The van der Waals surface area contributed by atoms with Crippen molar-refractivity contribution in [3.63, 3.8) is 0 Å². The number of fused-ring (bicyclic) bond motifs is 1. The van der Waals surface area contributed by atoms with Gasteiger partial charge in [-0.2, -0.15) is 0 Å². The molecule has 2 rings (SSSR count). The third-order valence-corrected chi connectivity index (χ3v) is 3.52. The third-order valence-electron chi connectivity index (χ3n) is 3.52. The second kappa shape index (κ2) is 8.16. The van der Waals surface area contributed by atoms with Crippen molar-refractivity contribution < 1.29 is 23.5 Å². The highest BCUT2D eigenvalue weighted by atomic mass is 16.6. The number of hydrogen-bond acceptors (Lipinski definition) is 5. The summed E-state index contributed by atoms with van der Waals surface area (Å²) >= 11 is 0. The summed E-state index contributed by atoms with van der Waals surface area (Å²) in [5, 5.41) is 3.61. The first kappa shape index (κ1) is 19.0. The van der Waals surface area contributed by atoms with Gasteiger partial charge in [0.05, 0.1) is 0 Å². The molecule has 0 bridgehead atoms. The molecule has 1 aromatic carbocycles. The molecule has 6 nitrogen and oxygen atoms in total. The summed E-state index contributed by atoms with van der Waals surface area (Å²) in [5.41, 5.74) is 0.0675. The van der Waals surface area contributed by atoms with Crippen molar-refractivity contribution in [3.8, 4) is 0 Å². The van der Waals surface area contributed by atoms with E-state index in [2.05, 4.69) is 5.32 Å². The van der Waals surface area contributed by atoms with Gasteiger partial charge in [0.1, 0.15) is 11.2 Å². The highest BCUT2D eigenvalue weighted by molar-refractivity contribution is 5.98. The van der Waals surface area contributed by atoms with Gasteiger partial charge in [0.15, 0.2) is 11.5 Å². The average molecular weight is 347 g/mol. The van der Waals surface area contributed by atoms with Crippen molar-refractivity contribution in [2.24, 2.45) is 0 Å². The molecule has 1 aromatic heterocycles. The van der Waals surface area contributed by atoms with E-state index in [1.54, 1.807) is 33.9 Å². The molecule has 0 aliphatic carbocycles. The number of Topliss-reactive ketones (excluding diaryl/α,β-unsaturated/α-hetero) is 1. The molecule has 0 aliphatic heterocycles. The molecule has 0 saturated heterocycles. The second-order valence-electron chi connectivity index (χ2n) is 6.90. The number of hydrogen-bond donors (Lipinski definition) is 1. The number of ketones is 1. The minimum atomic E-state index is -0.599. The molecule has 136 valence electrons. The lowest BCUT2D eigenvalue weighted by atomic mass is 10.1. The van der Waals surface area contributed by atoms with E-state index in [1.165, 1.54) is 0 Å². The number of para-hydroxylation sites is 1. The van der Waals surface area contributed by atoms with Gasteiger partial charge in [-0.05, 0) is 39.3 Å². The fourth-order valence-electron chi connectivity index (χ4n) is 2.40. The van der Waals surface area contributed by atoms with Crippen LogP contribution in [0.4, 0.5) is 4.79 Å². The van der Waals surface area contributed by atoms with E-state index in [4.69, 9.17) is 13.9 Å². The minimum Gasteiger partial charge on any atom is -0.453 e. The zero-order valence-electron chi connectivity index (χ0n) is 15.1. The highest BCUT2D eigenvalue weighted by Gasteiger charge is 2.23. The third kappa shape index (κ3) is 5.90. The van der Waals surface area contributed by atoms with Gasteiger partial charge in [0, 0.05) is 31.6 Å². The van der Waals surface area contributed by atoms with E-state index in [1.807, 2.05) is 24.3 Å². The Morgan fingerprint density at radius 1 is 1.24 bits per heavy atom. The predicted octanol–water partition coefficient (Wildman–Crippen LogP) is 3.94. The Bertz CT molecular complexity index is 696. The molecular weight excluding hydrogens is 322 g/mol. The van der Waals surface area contributed by atoms with Gasteiger partial charge in [0.25, 0.3) is 0 Å². The summed E-state index contributed by atoms with van der Waals surface area (Å²) in [6, 6.07) is 8.77. The van der Waals surface area contributed by atoms with Crippen LogP contribution in [0.2, 0.25) is 0 Å². The van der Waals surface area contributed by atoms with E-state index in [0.29, 0.717) is 18.6 Å². The predicted molar refractivity (Wildman–Crippen MR) is 94.8 cm³/mol. The molecule has 25 heavy (non-hydrogen) atoms. The van der Waals surface area contributed by atoms with Crippen molar-refractivity contribution >= 4 is 22.8 Å². The molecule has 1 heterocycles. The van der Waals surface area contributed by atoms with Crippen LogP contribution in [0.25, 0.3) is 11.0 Å². The standard InChI is InChI=1S/C19H25NO5/c1-19(2,3)25-18(22)20-14(9-10-23-4)12-15(21)17-11-13-7-5-6-8-16(13)24-17/h5-8,11,14H,9-10,12H2,1-4H3,(H,20,22). The molecule has 0 aliphatic rings. The molecule has 1 amide bonds. The molecule has 0 radical (unpaired) electrons. The summed E-state index contributed by atoms with van der Waals surface area (Å²) in [6.07, 6.45) is 0.0652. The molecule has 2 aromatic rings. The highest BCUT2D eigenvalue weighted by Crippen LogP contribution is 2.20. The summed E-state index contributed by atoms with van der Waals surface area (Å²) in [6.45, 7) is 5.79. The number of ether oxygens (including phenoxy) is 2. The number of benzene rings is 1. The van der Waals surface area contributed by atoms with Crippen LogP contribution in [0.15, 0.2) is 34.7 Å². The number of carbonyl (C=O) groups is 2. The maximum atomic E-state index is 12.5. The molecule has 0 saturated carbocycles. The van der Waals surface area contributed by atoms with Gasteiger partial charge in [0.2, 0.25) is 0 Å². The minimum absolute atomic E-state index is 0.114. The van der Waals surface area contributed by atoms with Crippen LogP contribution < -0.4 is 5.32 Å². The van der Waals surface area contributed by atoms with E-state index in [0.717, 1.165) is 5.39 Å². The Morgan fingerprint density at radius 3 is 2.60 bits per heavy atom. The SMILES string of the molecule is COCCC(CC(=O)c1cc2ccccc2o1)NC(=O)OC(C)(C)C. The Morgan fingerprint density at radius 2 is 1.96 bits per heavy atom. The molecule has 6 heteroatoms. The first-order valence-corrected chi connectivity index (χ1v) is 8.29. The van der Waals surface area contributed by atoms with Crippen molar-refractivity contribution in [1.82, 2.24) is 5.32 Å². The zero-order valence-corrected chi connectivity index (χ0v) is 15.1. The van der Waals surface area contributed by atoms with E-state index >= 15 is 0 Å². The van der Waals surface area contributed by atoms with Crippen LogP contribution in [0, 0.1) is 0 Å². The monoisotopic (exact) mass is 347 g/mol. The normalized spacial score (nSPS) is 12.8. The van der Waals surface area contributed by atoms with Gasteiger partial charge in [-0.15, -0.1) is 0 Å². The quantitative estimate of drug-likeness (QED) is 0.768. The van der Waals surface area contributed by atoms with Crippen molar-refractivity contribution in [2.45, 2.75) is 45.3 Å². The zero-order chi connectivity index (χ0) is 18.4. The van der Waals surface area contributed by atoms with Crippen LogP contribution in [0.5, 0.6) is 0 Å². The van der Waals surface area contributed by atoms with Crippen LogP contribution in [-0.2, 0) is 9.47 Å². The van der Waals surface area contributed by atoms with Crippen LogP contribution in [-0.4, -0.2) is 37.2 Å².